The summed E-state index contributed by atoms with van der Waals surface area (Å²) in [6, 6.07) is 23.9. The largest absolute Gasteiger partial charge is 0.508 e. The number of carbonyl (C=O) groups excluding carboxylic acids is 1. The van der Waals surface area contributed by atoms with Crippen molar-refractivity contribution in [2.24, 2.45) is 0 Å². The van der Waals surface area contributed by atoms with Gasteiger partial charge < -0.3 is 10.0 Å². The summed E-state index contributed by atoms with van der Waals surface area (Å²) in [5.74, 6) is 0.0683. The number of rotatable bonds is 3. The molecule has 1 aliphatic rings. The molecule has 3 nitrogen and oxygen atoms in total. The molecule has 0 radical (unpaired) electrons. The SMILES string of the molecule is O=C1c2ccccc2C(Cl)(c2ccc(O)cc2)N1Cc1ccccc1. The van der Waals surface area contributed by atoms with Crippen LogP contribution in [0.25, 0.3) is 0 Å². The molecule has 25 heavy (non-hydrogen) atoms. The van der Waals surface area contributed by atoms with Crippen LogP contribution in [0.5, 0.6) is 5.75 Å². The monoisotopic (exact) mass is 349 g/mol. The second kappa shape index (κ2) is 5.94. The number of phenolic OH excluding ortho intramolecular Hbond substituents is 1. The number of benzene rings is 3. The van der Waals surface area contributed by atoms with Gasteiger partial charge in [-0.05, 0) is 29.3 Å². The fourth-order valence-corrected chi connectivity index (χ4v) is 3.76. The van der Waals surface area contributed by atoms with Crippen LogP contribution >= 0.6 is 11.6 Å². The molecular weight excluding hydrogens is 334 g/mol. The van der Waals surface area contributed by atoms with E-state index in [0.717, 1.165) is 16.7 Å². The van der Waals surface area contributed by atoms with Crippen LogP contribution in [0.1, 0.15) is 27.0 Å². The number of carbonyl (C=O) groups is 1. The summed E-state index contributed by atoms with van der Waals surface area (Å²) in [6.07, 6.45) is 0. The van der Waals surface area contributed by atoms with Crippen molar-refractivity contribution in [2.75, 3.05) is 0 Å². The van der Waals surface area contributed by atoms with Crippen molar-refractivity contribution in [1.29, 1.82) is 0 Å². The Kier molecular flexibility index (Phi) is 3.74. The van der Waals surface area contributed by atoms with Crippen LogP contribution in [-0.4, -0.2) is 15.9 Å². The van der Waals surface area contributed by atoms with Gasteiger partial charge in [-0.1, -0.05) is 72.3 Å². The van der Waals surface area contributed by atoms with Gasteiger partial charge in [0.15, 0.2) is 5.00 Å². The molecule has 1 atom stereocenters. The van der Waals surface area contributed by atoms with Gasteiger partial charge >= 0.3 is 0 Å². The molecular formula is C21H16ClNO2. The molecule has 0 spiro atoms. The van der Waals surface area contributed by atoms with Crippen LogP contribution in [0, 0.1) is 0 Å². The summed E-state index contributed by atoms with van der Waals surface area (Å²) >= 11 is 7.11. The Labute approximate surface area is 151 Å². The van der Waals surface area contributed by atoms with Crippen LogP contribution in [0.15, 0.2) is 78.9 Å². The lowest BCUT2D eigenvalue weighted by Gasteiger charge is -2.34. The Balaban J connectivity index is 1.87. The van der Waals surface area contributed by atoms with Crippen molar-refractivity contribution < 1.29 is 9.90 Å². The summed E-state index contributed by atoms with van der Waals surface area (Å²) in [4.78, 5) is 13.6. The van der Waals surface area contributed by atoms with Gasteiger partial charge in [0.25, 0.3) is 5.91 Å². The van der Waals surface area contributed by atoms with Crippen molar-refractivity contribution in [2.45, 2.75) is 11.5 Å². The number of phenols is 1. The second-order valence-electron chi connectivity index (χ2n) is 6.09. The number of halogens is 1. The highest BCUT2D eigenvalue weighted by Crippen LogP contribution is 2.48. The molecule has 0 fully saturated rings. The molecule has 1 aliphatic heterocycles. The van der Waals surface area contributed by atoms with E-state index in [9.17, 15) is 9.90 Å². The first kappa shape index (κ1) is 15.7. The summed E-state index contributed by atoms with van der Waals surface area (Å²) in [6.45, 7) is 0.402. The maximum atomic E-state index is 13.0. The molecule has 124 valence electrons. The first-order chi connectivity index (χ1) is 12.1. The first-order valence-electron chi connectivity index (χ1n) is 8.04. The first-order valence-corrected chi connectivity index (χ1v) is 8.42. The lowest BCUT2D eigenvalue weighted by Crippen LogP contribution is -2.39. The highest BCUT2D eigenvalue weighted by Gasteiger charge is 2.49. The highest BCUT2D eigenvalue weighted by atomic mass is 35.5. The summed E-state index contributed by atoms with van der Waals surface area (Å²) in [5, 5.41) is 9.61. The van der Waals surface area contributed by atoms with Crippen LogP contribution in [-0.2, 0) is 11.5 Å². The van der Waals surface area contributed by atoms with E-state index in [-0.39, 0.29) is 11.7 Å². The van der Waals surface area contributed by atoms with E-state index in [1.54, 1.807) is 35.2 Å². The number of fused-ring (bicyclic) bond motifs is 1. The Morgan fingerprint density at radius 2 is 1.52 bits per heavy atom. The van der Waals surface area contributed by atoms with E-state index < -0.39 is 5.00 Å². The number of alkyl halides is 1. The average molecular weight is 350 g/mol. The molecule has 4 rings (SSSR count). The van der Waals surface area contributed by atoms with Crippen LogP contribution < -0.4 is 0 Å². The maximum absolute atomic E-state index is 13.0. The minimum Gasteiger partial charge on any atom is -0.508 e. The van der Waals surface area contributed by atoms with Gasteiger partial charge in [0.1, 0.15) is 5.75 Å². The minimum atomic E-state index is -1.10. The van der Waals surface area contributed by atoms with E-state index in [2.05, 4.69) is 0 Å². The van der Waals surface area contributed by atoms with Gasteiger partial charge in [0.2, 0.25) is 0 Å². The van der Waals surface area contributed by atoms with E-state index in [0.29, 0.717) is 12.1 Å². The summed E-state index contributed by atoms with van der Waals surface area (Å²) in [7, 11) is 0. The standard InChI is InChI=1S/C21H16ClNO2/c22-21(16-10-12-17(24)13-11-16)19-9-5-4-8-18(19)20(25)23(21)14-15-6-2-1-3-7-15/h1-13,24H,14H2. The van der Waals surface area contributed by atoms with Gasteiger partial charge in [0, 0.05) is 17.7 Å². The lowest BCUT2D eigenvalue weighted by atomic mass is 9.97. The third-order valence-electron chi connectivity index (χ3n) is 4.56. The number of aromatic hydroxyl groups is 1. The van der Waals surface area contributed by atoms with Crippen LogP contribution in [0.3, 0.4) is 0 Å². The topological polar surface area (TPSA) is 40.5 Å². The van der Waals surface area contributed by atoms with Gasteiger partial charge in [-0.2, -0.15) is 0 Å². The zero-order valence-corrected chi connectivity index (χ0v) is 14.1. The van der Waals surface area contributed by atoms with Crippen molar-refractivity contribution in [3.05, 3.63) is 101 Å². The Bertz CT molecular complexity index is 924. The van der Waals surface area contributed by atoms with Crippen LogP contribution in [0.2, 0.25) is 0 Å². The molecule has 0 aromatic heterocycles. The van der Waals surface area contributed by atoms with Crippen molar-refractivity contribution in [3.63, 3.8) is 0 Å². The highest BCUT2D eigenvalue weighted by molar-refractivity contribution is 6.29. The molecule has 1 N–H and O–H groups in total. The van der Waals surface area contributed by atoms with Crippen molar-refractivity contribution in [3.8, 4) is 5.75 Å². The summed E-state index contributed by atoms with van der Waals surface area (Å²) < 4.78 is 0. The molecule has 0 aliphatic carbocycles. The Hall–Kier alpha value is -2.78. The quantitative estimate of drug-likeness (QED) is 0.559. The van der Waals surface area contributed by atoms with Gasteiger partial charge in [-0.15, -0.1) is 0 Å². The molecule has 0 bridgehead atoms. The zero-order valence-electron chi connectivity index (χ0n) is 13.4. The summed E-state index contributed by atoms with van der Waals surface area (Å²) in [5.41, 5.74) is 3.14. The smallest absolute Gasteiger partial charge is 0.256 e. The fourth-order valence-electron chi connectivity index (χ4n) is 3.33. The third kappa shape index (κ3) is 2.48. The zero-order chi connectivity index (χ0) is 17.4. The van der Waals surface area contributed by atoms with Crippen molar-refractivity contribution in [1.82, 2.24) is 4.90 Å². The van der Waals surface area contributed by atoms with Gasteiger partial charge in [-0.25, -0.2) is 0 Å². The second-order valence-corrected chi connectivity index (χ2v) is 6.64. The van der Waals surface area contributed by atoms with Crippen molar-refractivity contribution >= 4 is 17.5 Å². The average Bonchev–Trinajstić information content (AvgIpc) is 2.86. The third-order valence-corrected chi connectivity index (χ3v) is 5.19. The Morgan fingerprint density at radius 3 is 2.24 bits per heavy atom. The molecule has 0 saturated heterocycles. The van der Waals surface area contributed by atoms with E-state index >= 15 is 0 Å². The number of nitrogens with zero attached hydrogens (tertiary/aromatic N) is 1. The molecule has 1 heterocycles. The molecule has 1 unspecified atom stereocenters. The maximum Gasteiger partial charge on any atom is 0.256 e. The fraction of sp³-hybridized carbons (Fsp3) is 0.0952. The van der Waals surface area contributed by atoms with Gasteiger partial charge in [0.05, 0.1) is 0 Å². The number of amides is 1. The van der Waals surface area contributed by atoms with Crippen LogP contribution in [0.4, 0.5) is 0 Å². The molecule has 1 amide bonds. The van der Waals surface area contributed by atoms with E-state index in [4.69, 9.17) is 11.6 Å². The van der Waals surface area contributed by atoms with Gasteiger partial charge in [-0.3, -0.25) is 4.79 Å². The van der Waals surface area contributed by atoms with E-state index in [1.807, 2.05) is 48.5 Å². The number of hydrogen-bond acceptors (Lipinski definition) is 2. The molecule has 4 heteroatoms. The predicted octanol–water partition coefficient (Wildman–Crippen LogP) is 4.49. The minimum absolute atomic E-state index is 0.0949. The molecule has 3 aromatic rings. The molecule has 0 saturated carbocycles. The lowest BCUT2D eigenvalue weighted by molar-refractivity contribution is 0.0702. The Morgan fingerprint density at radius 1 is 0.880 bits per heavy atom. The molecule has 3 aromatic carbocycles. The number of hydrogen-bond donors (Lipinski definition) is 1. The normalized spacial score (nSPS) is 19.1. The van der Waals surface area contributed by atoms with E-state index in [1.165, 1.54) is 0 Å². The predicted molar refractivity (Wildman–Crippen MR) is 97.5 cm³/mol.